The zero-order valence-corrected chi connectivity index (χ0v) is 34.4. The third-order valence-corrected chi connectivity index (χ3v) is 10.1. The van der Waals surface area contributed by atoms with E-state index in [9.17, 15) is 14.4 Å². The van der Waals surface area contributed by atoms with Crippen molar-refractivity contribution in [2.24, 2.45) is 0 Å². The van der Waals surface area contributed by atoms with Crippen molar-refractivity contribution in [1.29, 1.82) is 0 Å². The van der Waals surface area contributed by atoms with Crippen LogP contribution < -0.4 is 0 Å². The van der Waals surface area contributed by atoms with Gasteiger partial charge in [-0.05, 0) is 19.3 Å². The minimum atomic E-state index is -0.756. The highest BCUT2D eigenvalue weighted by atomic mass is 16.6. The molecule has 0 aromatic rings. The molecule has 0 spiro atoms. The van der Waals surface area contributed by atoms with Crippen LogP contribution in [0.3, 0.4) is 0 Å². The molecule has 0 aliphatic rings. The molecule has 0 heterocycles. The fourth-order valence-corrected chi connectivity index (χ4v) is 6.68. The maximum Gasteiger partial charge on any atom is 0.306 e. The van der Waals surface area contributed by atoms with Gasteiger partial charge in [-0.2, -0.15) is 0 Å². The average Bonchev–Trinajstić information content (AvgIpc) is 3.12. The zero-order valence-electron chi connectivity index (χ0n) is 34.4. The van der Waals surface area contributed by atoms with E-state index in [-0.39, 0.29) is 31.1 Å². The quantitative estimate of drug-likeness (QED) is 0.0355. The molecule has 0 bridgehead atoms. The van der Waals surface area contributed by atoms with Crippen molar-refractivity contribution < 1.29 is 28.6 Å². The molecule has 0 saturated heterocycles. The molecule has 0 radical (unpaired) electrons. The molecule has 1 atom stereocenters. The fourth-order valence-electron chi connectivity index (χ4n) is 6.68. The second-order valence-electron chi connectivity index (χ2n) is 15.3. The normalized spacial score (nSPS) is 11.8. The number of ether oxygens (including phenoxy) is 3. The standard InChI is InChI=1S/C45H86O6/c1-4-7-10-13-16-18-20-22-23-25-27-30-33-36-39-45(48)51-42(40-49-43(46)37-34-31-28-15-12-9-6-3)41-50-44(47)38-35-32-29-26-24-21-19-17-14-11-8-5-2/h42H,4-41H2,1-3H3/t42-/m0/s1. The summed E-state index contributed by atoms with van der Waals surface area (Å²) in [7, 11) is 0. The summed E-state index contributed by atoms with van der Waals surface area (Å²) in [5.41, 5.74) is 0. The van der Waals surface area contributed by atoms with Gasteiger partial charge in [-0.25, -0.2) is 0 Å². The van der Waals surface area contributed by atoms with E-state index in [0.717, 1.165) is 57.8 Å². The van der Waals surface area contributed by atoms with Crippen LogP contribution in [-0.4, -0.2) is 37.2 Å². The molecule has 0 amide bonds. The van der Waals surface area contributed by atoms with Crippen molar-refractivity contribution >= 4 is 17.9 Å². The molecule has 0 unspecified atom stereocenters. The Kier molecular flexibility index (Phi) is 39.9. The predicted molar refractivity (Wildman–Crippen MR) is 215 cm³/mol. The third-order valence-electron chi connectivity index (χ3n) is 10.1. The second-order valence-corrected chi connectivity index (χ2v) is 15.3. The Hall–Kier alpha value is -1.59. The maximum absolute atomic E-state index is 12.7. The van der Waals surface area contributed by atoms with Gasteiger partial charge in [0, 0.05) is 19.3 Å². The molecule has 0 N–H and O–H groups in total. The number of carbonyl (C=O) groups is 3. The minimum Gasteiger partial charge on any atom is -0.462 e. The van der Waals surface area contributed by atoms with Crippen molar-refractivity contribution in [3.05, 3.63) is 0 Å². The average molecular weight is 723 g/mol. The van der Waals surface area contributed by atoms with Crippen molar-refractivity contribution in [2.45, 2.75) is 258 Å². The Morgan fingerprint density at radius 2 is 0.529 bits per heavy atom. The predicted octanol–water partition coefficient (Wildman–Crippen LogP) is 14.1. The lowest BCUT2D eigenvalue weighted by Gasteiger charge is -2.18. The van der Waals surface area contributed by atoms with Crippen molar-refractivity contribution in [1.82, 2.24) is 0 Å². The van der Waals surface area contributed by atoms with E-state index in [1.54, 1.807) is 0 Å². The van der Waals surface area contributed by atoms with Gasteiger partial charge in [-0.15, -0.1) is 0 Å². The first-order valence-corrected chi connectivity index (χ1v) is 22.5. The van der Waals surface area contributed by atoms with Crippen LogP contribution in [0.15, 0.2) is 0 Å². The molecule has 0 aliphatic carbocycles. The van der Waals surface area contributed by atoms with Crippen LogP contribution in [0.2, 0.25) is 0 Å². The summed E-state index contributed by atoms with van der Waals surface area (Å²) in [6.07, 6.45) is 40.9. The summed E-state index contributed by atoms with van der Waals surface area (Å²) in [5, 5.41) is 0. The van der Waals surface area contributed by atoms with Crippen molar-refractivity contribution in [3.8, 4) is 0 Å². The van der Waals surface area contributed by atoms with Crippen LogP contribution in [0.1, 0.15) is 252 Å². The Morgan fingerprint density at radius 1 is 0.314 bits per heavy atom. The highest BCUT2D eigenvalue weighted by Crippen LogP contribution is 2.16. The van der Waals surface area contributed by atoms with E-state index in [2.05, 4.69) is 20.8 Å². The fraction of sp³-hybridized carbons (Fsp3) is 0.933. The molecular formula is C45H86O6. The first-order chi connectivity index (χ1) is 25.0. The Bertz CT molecular complexity index is 753. The molecule has 0 aromatic carbocycles. The van der Waals surface area contributed by atoms with Crippen LogP contribution in [-0.2, 0) is 28.6 Å². The smallest absolute Gasteiger partial charge is 0.306 e. The van der Waals surface area contributed by atoms with Crippen molar-refractivity contribution in [3.63, 3.8) is 0 Å². The summed E-state index contributed by atoms with van der Waals surface area (Å²) in [6, 6.07) is 0. The summed E-state index contributed by atoms with van der Waals surface area (Å²) in [5.74, 6) is -0.858. The first-order valence-electron chi connectivity index (χ1n) is 22.5. The van der Waals surface area contributed by atoms with Gasteiger partial charge in [0.05, 0.1) is 0 Å². The summed E-state index contributed by atoms with van der Waals surface area (Å²) in [4.78, 5) is 37.5. The maximum atomic E-state index is 12.7. The van der Waals surface area contributed by atoms with E-state index in [4.69, 9.17) is 14.2 Å². The van der Waals surface area contributed by atoms with E-state index in [0.29, 0.717) is 19.3 Å². The highest BCUT2D eigenvalue weighted by molar-refractivity contribution is 5.71. The number of hydrogen-bond acceptors (Lipinski definition) is 6. The van der Waals surface area contributed by atoms with Gasteiger partial charge in [0.15, 0.2) is 6.10 Å². The monoisotopic (exact) mass is 723 g/mol. The second kappa shape index (κ2) is 41.2. The van der Waals surface area contributed by atoms with Gasteiger partial charge in [0.1, 0.15) is 13.2 Å². The van der Waals surface area contributed by atoms with E-state index < -0.39 is 6.10 Å². The molecule has 0 rings (SSSR count). The number of unbranched alkanes of at least 4 members (excludes halogenated alkanes) is 30. The summed E-state index contributed by atoms with van der Waals surface area (Å²) >= 11 is 0. The largest absolute Gasteiger partial charge is 0.462 e. The van der Waals surface area contributed by atoms with Crippen molar-refractivity contribution in [2.75, 3.05) is 13.2 Å². The van der Waals surface area contributed by atoms with Gasteiger partial charge < -0.3 is 14.2 Å². The van der Waals surface area contributed by atoms with Crippen LogP contribution in [0.25, 0.3) is 0 Å². The molecule has 51 heavy (non-hydrogen) atoms. The number of carbonyl (C=O) groups excluding carboxylic acids is 3. The molecule has 0 fully saturated rings. The lowest BCUT2D eigenvalue weighted by molar-refractivity contribution is -0.167. The van der Waals surface area contributed by atoms with Gasteiger partial charge in [-0.1, -0.05) is 213 Å². The van der Waals surface area contributed by atoms with E-state index in [1.165, 1.54) is 154 Å². The van der Waals surface area contributed by atoms with Crippen LogP contribution in [0, 0.1) is 0 Å². The van der Waals surface area contributed by atoms with Gasteiger partial charge in [-0.3, -0.25) is 14.4 Å². The first kappa shape index (κ1) is 49.4. The number of esters is 3. The van der Waals surface area contributed by atoms with Crippen LogP contribution in [0.4, 0.5) is 0 Å². The molecule has 0 saturated carbocycles. The van der Waals surface area contributed by atoms with Crippen LogP contribution >= 0.6 is 0 Å². The summed E-state index contributed by atoms with van der Waals surface area (Å²) in [6.45, 7) is 6.61. The topological polar surface area (TPSA) is 78.9 Å². The molecule has 6 nitrogen and oxygen atoms in total. The lowest BCUT2D eigenvalue weighted by atomic mass is 10.0. The molecular weight excluding hydrogens is 636 g/mol. The molecule has 0 aliphatic heterocycles. The number of hydrogen-bond donors (Lipinski definition) is 0. The molecule has 6 heteroatoms. The SMILES string of the molecule is CCCCCCCCCCCCCCCCC(=O)O[C@@H](COC(=O)CCCCCCCCC)COC(=O)CCCCCCCCCCCCCC. The lowest BCUT2D eigenvalue weighted by Crippen LogP contribution is -2.30. The van der Waals surface area contributed by atoms with E-state index in [1.807, 2.05) is 0 Å². The van der Waals surface area contributed by atoms with Gasteiger partial charge in [0.2, 0.25) is 0 Å². The van der Waals surface area contributed by atoms with Crippen LogP contribution in [0.5, 0.6) is 0 Å². The summed E-state index contributed by atoms with van der Waals surface area (Å²) < 4.78 is 16.7. The van der Waals surface area contributed by atoms with E-state index >= 15 is 0 Å². The molecule has 302 valence electrons. The highest BCUT2D eigenvalue weighted by Gasteiger charge is 2.19. The van der Waals surface area contributed by atoms with Gasteiger partial charge >= 0.3 is 17.9 Å². The van der Waals surface area contributed by atoms with Gasteiger partial charge in [0.25, 0.3) is 0 Å². The Morgan fingerprint density at radius 3 is 0.784 bits per heavy atom. The zero-order chi connectivity index (χ0) is 37.3. The third kappa shape index (κ3) is 39.5. The minimum absolute atomic E-state index is 0.0632. The number of rotatable bonds is 41. The molecule has 0 aromatic heterocycles. The Balaban J connectivity index is 4.26. The Labute approximate surface area is 317 Å².